The average Bonchev–Trinajstić information content (AvgIpc) is 2.75. The number of carbonyl (C=O) groups is 1. The summed E-state index contributed by atoms with van der Waals surface area (Å²) in [7, 11) is 1.88. The van der Waals surface area contributed by atoms with Gasteiger partial charge in [-0.05, 0) is 37.3 Å². The molecule has 0 saturated heterocycles. The van der Waals surface area contributed by atoms with Gasteiger partial charge in [-0.2, -0.15) is 0 Å². The summed E-state index contributed by atoms with van der Waals surface area (Å²) in [5, 5.41) is 0. The van der Waals surface area contributed by atoms with Crippen molar-refractivity contribution in [2.45, 2.75) is 33.1 Å². The van der Waals surface area contributed by atoms with Crippen LogP contribution in [-0.4, -0.2) is 37.5 Å². The first-order chi connectivity index (χ1) is 7.91. The quantitative estimate of drug-likeness (QED) is 0.748. The van der Waals surface area contributed by atoms with Gasteiger partial charge in [0.2, 0.25) is 5.91 Å². The van der Waals surface area contributed by atoms with Crippen LogP contribution in [0.1, 0.15) is 33.1 Å². The van der Waals surface area contributed by atoms with E-state index in [-0.39, 0.29) is 17.2 Å². The molecule has 1 aliphatic rings. The molecule has 0 aromatic rings. The number of amides is 1. The van der Waals surface area contributed by atoms with Crippen LogP contribution in [-0.2, 0) is 4.79 Å². The maximum atomic E-state index is 12.3. The minimum Gasteiger partial charge on any atom is -0.345 e. The summed E-state index contributed by atoms with van der Waals surface area (Å²) in [5.74, 6) is 0.768. The van der Waals surface area contributed by atoms with Gasteiger partial charge in [-0.25, -0.2) is 0 Å². The molecule has 0 bridgehead atoms. The van der Waals surface area contributed by atoms with Crippen molar-refractivity contribution in [2.24, 2.45) is 28.7 Å². The van der Waals surface area contributed by atoms with E-state index >= 15 is 0 Å². The fourth-order valence-electron chi connectivity index (χ4n) is 2.71. The monoisotopic (exact) mass is 241 g/mol. The Balaban J connectivity index is 2.57. The summed E-state index contributed by atoms with van der Waals surface area (Å²) in [6, 6.07) is 0. The summed E-state index contributed by atoms with van der Waals surface area (Å²) in [5.41, 5.74) is 11.4. The maximum Gasteiger partial charge on any atom is 0.225 e. The largest absolute Gasteiger partial charge is 0.345 e. The summed E-state index contributed by atoms with van der Waals surface area (Å²) in [4.78, 5) is 14.2. The van der Waals surface area contributed by atoms with E-state index < -0.39 is 0 Å². The van der Waals surface area contributed by atoms with Crippen LogP contribution >= 0.6 is 0 Å². The Morgan fingerprint density at radius 3 is 2.53 bits per heavy atom. The SMILES string of the molecule is CN(CC(C)(C)CN)C(=O)[C@@H]1CCC[C@@H]1CN. The Kier molecular flexibility index (Phi) is 4.95. The molecule has 0 heterocycles. The van der Waals surface area contributed by atoms with E-state index in [1.165, 1.54) is 0 Å². The zero-order valence-corrected chi connectivity index (χ0v) is 11.4. The first kappa shape index (κ1) is 14.5. The zero-order valence-electron chi connectivity index (χ0n) is 11.4. The van der Waals surface area contributed by atoms with Gasteiger partial charge >= 0.3 is 0 Å². The molecule has 17 heavy (non-hydrogen) atoms. The second-order valence-electron chi connectivity index (χ2n) is 6.10. The van der Waals surface area contributed by atoms with Crippen LogP contribution in [0.25, 0.3) is 0 Å². The lowest BCUT2D eigenvalue weighted by Gasteiger charge is -2.31. The number of hydrogen-bond acceptors (Lipinski definition) is 3. The van der Waals surface area contributed by atoms with Crippen molar-refractivity contribution in [1.82, 2.24) is 4.90 Å². The molecular weight excluding hydrogens is 214 g/mol. The molecule has 1 aliphatic carbocycles. The zero-order chi connectivity index (χ0) is 13.1. The number of nitrogens with two attached hydrogens (primary N) is 2. The first-order valence-electron chi connectivity index (χ1n) is 6.56. The van der Waals surface area contributed by atoms with Gasteiger partial charge in [-0.1, -0.05) is 20.3 Å². The average molecular weight is 241 g/mol. The summed E-state index contributed by atoms with van der Waals surface area (Å²) in [6.45, 7) is 6.12. The third-order valence-corrected chi connectivity index (χ3v) is 3.87. The van der Waals surface area contributed by atoms with Crippen LogP contribution in [0.5, 0.6) is 0 Å². The van der Waals surface area contributed by atoms with Crippen molar-refractivity contribution in [2.75, 3.05) is 26.7 Å². The minimum atomic E-state index is -0.0127. The van der Waals surface area contributed by atoms with Crippen LogP contribution in [0, 0.1) is 17.3 Å². The molecule has 100 valence electrons. The van der Waals surface area contributed by atoms with E-state index in [9.17, 15) is 4.79 Å². The molecule has 1 rings (SSSR count). The fraction of sp³-hybridized carbons (Fsp3) is 0.923. The second kappa shape index (κ2) is 5.83. The molecule has 2 atom stereocenters. The molecular formula is C13H27N3O. The molecule has 4 N–H and O–H groups in total. The first-order valence-corrected chi connectivity index (χ1v) is 6.56. The Labute approximate surface area is 105 Å². The molecule has 1 fully saturated rings. The lowest BCUT2D eigenvalue weighted by molar-refractivity contribution is -0.136. The molecule has 0 aromatic heterocycles. The van der Waals surface area contributed by atoms with Crippen LogP contribution in [0.15, 0.2) is 0 Å². The van der Waals surface area contributed by atoms with E-state index in [0.29, 0.717) is 19.0 Å². The normalized spacial score (nSPS) is 25.0. The van der Waals surface area contributed by atoms with Crippen molar-refractivity contribution in [3.8, 4) is 0 Å². The van der Waals surface area contributed by atoms with Crippen LogP contribution < -0.4 is 11.5 Å². The van der Waals surface area contributed by atoms with Gasteiger partial charge in [0.05, 0.1) is 0 Å². The van der Waals surface area contributed by atoms with Crippen LogP contribution in [0.3, 0.4) is 0 Å². The van der Waals surface area contributed by atoms with Gasteiger partial charge in [0.1, 0.15) is 0 Å². The smallest absolute Gasteiger partial charge is 0.225 e. The number of carbonyl (C=O) groups excluding carboxylic acids is 1. The van der Waals surface area contributed by atoms with Crippen LogP contribution in [0.2, 0.25) is 0 Å². The second-order valence-corrected chi connectivity index (χ2v) is 6.10. The molecule has 0 radical (unpaired) electrons. The Bertz CT molecular complexity index is 265. The predicted octanol–water partition coefficient (Wildman–Crippen LogP) is 0.805. The molecule has 0 spiro atoms. The van der Waals surface area contributed by atoms with Crippen molar-refractivity contribution in [3.63, 3.8) is 0 Å². The lowest BCUT2D eigenvalue weighted by atomic mass is 9.91. The van der Waals surface area contributed by atoms with Crippen molar-refractivity contribution < 1.29 is 4.79 Å². The van der Waals surface area contributed by atoms with Crippen molar-refractivity contribution in [1.29, 1.82) is 0 Å². The van der Waals surface area contributed by atoms with E-state index in [2.05, 4.69) is 13.8 Å². The topological polar surface area (TPSA) is 72.3 Å². The maximum absolute atomic E-state index is 12.3. The highest BCUT2D eigenvalue weighted by Gasteiger charge is 2.34. The summed E-state index contributed by atoms with van der Waals surface area (Å²) < 4.78 is 0. The minimum absolute atomic E-state index is 0.0127. The van der Waals surface area contributed by atoms with Gasteiger partial charge < -0.3 is 16.4 Å². The Morgan fingerprint density at radius 1 is 1.35 bits per heavy atom. The van der Waals surface area contributed by atoms with E-state index in [4.69, 9.17) is 11.5 Å². The van der Waals surface area contributed by atoms with Gasteiger partial charge in [0.25, 0.3) is 0 Å². The molecule has 1 saturated carbocycles. The highest BCUT2D eigenvalue weighted by atomic mass is 16.2. The summed E-state index contributed by atoms with van der Waals surface area (Å²) in [6.07, 6.45) is 3.22. The molecule has 4 nitrogen and oxygen atoms in total. The fourth-order valence-corrected chi connectivity index (χ4v) is 2.71. The highest BCUT2D eigenvalue weighted by Crippen LogP contribution is 2.32. The van der Waals surface area contributed by atoms with E-state index in [1.54, 1.807) is 0 Å². The van der Waals surface area contributed by atoms with E-state index in [1.807, 2.05) is 11.9 Å². The van der Waals surface area contributed by atoms with Gasteiger partial charge in [-0.15, -0.1) is 0 Å². The number of rotatable bonds is 5. The Hall–Kier alpha value is -0.610. The standard InChI is InChI=1S/C13H27N3O/c1-13(2,8-15)9-16(3)12(17)11-6-4-5-10(11)7-14/h10-11H,4-9,14-15H2,1-3H3/t10-,11-/m1/s1. The number of hydrogen-bond donors (Lipinski definition) is 2. The highest BCUT2D eigenvalue weighted by molar-refractivity contribution is 5.79. The van der Waals surface area contributed by atoms with Gasteiger partial charge in [0, 0.05) is 19.5 Å². The predicted molar refractivity (Wildman–Crippen MR) is 70.4 cm³/mol. The summed E-state index contributed by atoms with van der Waals surface area (Å²) >= 11 is 0. The number of nitrogens with zero attached hydrogens (tertiary/aromatic N) is 1. The Morgan fingerprint density at radius 2 is 2.00 bits per heavy atom. The third-order valence-electron chi connectivity index (χ3n) is 3.87. The molecule has 0 aromatic carbocycles. The lowest BCUT2D eigenvalue weighted by Crippen LogP contribution is -2.43. The van der Waals surface area contributed by atoms with Crippen molar-refractivity contribution >= 4 is 5.91 Å². The molecule has 0 aliphatic heterocycles. The molecule has 4 heteroatoms. The van der Waals surface area contributed by atoms with Crippen LogP contribution in [0.4, 0.5) is 0 Å². The molecule has 1 amide bonds. The van der Waals surface area contributed by atoms with E-state index in [0.717, 1.165) is 25.8 Å². The van der Waals surface area contributed by atoms with Gasteiger partial charge in [0.15, 0.2) is 0 Å². The third kappa shape index (κ3) is 3.68. The van der Waals surface area contributed by atoms with Crippen molar-refractivity contribution in [3.05, 3.63) is 0 Å². The molecule has 0 unspecified atom stereocenters. The van der Waals surface area contributed by atoms with Gasteiger partial charge in [-0.3, -0.25) is 4.79 Å².